The van der Waals surface area contributed by atoms with Crippen LogP contribution in [0.15, 0.2) is 35.1 Å². The lowest BCUT2D eigenvalue weighted by molar-refractivity contribution is 0.322. The molecule has 5 heteroatoms. The molecule has 90 valence electrons. The van der Waals surface area contributed by atoms with E-state index in [2.05, 4.69) is 27.0 Å². The minimum absolute atomic E-state index is 0.647. The van der Waals surface area contributed by atoms with Crippen LogP contribution in [0.25, 0.3) is 0 Å². The first-order valence-corrected chi connectivity index (χ1v) is 6.27. The van der Waals surface area contributed by atoms with E-state index in [0.717, 1.165) is 12.8 Å². The van der Waals surface area contributed by atoms with Crippen LogP contribution in [0.2, 0.25) is 0 Å². The highest BCUT2D eigenvalue weighted by Crippen LogP contribution is 2.06. The molecule has 1 N–H and O–H groups in total. The van der Waals surface area contributed by atoms with Gasteiger partial charge in [-0.3, -0.25) is 4.98 Å². The zero-order chi connectivity index (χ0) is 12.6. The van der Waals surface area contributed by atoms with Gasteiger partial charge in [-0.2, -0.15) is 0 Å². The molecule has 0 saturated heterocycles. The summed E-state index contributed by atoms with van der Waals surface area (Å²) in [5, 5.41) is 13.8. The second kappa shape index (κ2) is 6.52. The Balaban J connectivity index is 1.88. The van der Waals surface area contributed by atoms with E-state index in [-0.39, 0.29) is 0 Å². The fourth-order valence-corrected chi connectivity index (χ4v) is 1.96. The summed E-state index contributed by atoms with van der Waals surface area (Å²) in [5.74, 6) is 6.04. The average molecular weight is 257 g/mol. The fourth-order valence-electron chi connectivity index (χ4n) is 1.36. The number of thiazole rings is 1. The average Bonchev–Trinajstić information content (AvgIpc) is 2.84. The minimum atomic E-state index is 0.647. The number of aryl methyl sites for hydroxylation is 1. The van der Waals surface area contributed by atoms with Gasteiger partial charge in [0.15, 0.2) is 0 Å². The van der Waals surface area contributed by atoms with E-state index in [4.69, 9.17) is 5.21 Å². The number of aromatic nitrogens is 2. The molecule has 0 aliphatic rings. The van der Waals surface area contributed by atoms with Gasteiger partial charge in [0.05, 0.1) is 0 Å². The molecule has 2 aromatic heterocycles. The number of hydrogen-bond acceptors (Lipinski definition) is 5. The van der Waals surface area contributed by atoms with Gasteiger partial charge in [0.1, 0.15) is 16.9 Å². The maximum atomic E-state index is 8.36. The Morgan fingerprint density at radius 1 is 1.50 bits per heavy atom. The lowest BCUT2D eigenvalue weighted by Crippen LogP contribution is -1.84. The van der Waals surface area contributed by atoms with Crippen molar-refractivity contribution in [2.45, 2.75) is 12.8 Å². The molecule has 18 heavy (non-hydrogen) atoms. The molecule has 0 unspecified atom stereocenters. The normalized spacial score (nSPS) is 10.2. The lowest BCUT2D eigenvalue weighted by atomic mass is 10.2. The van der Waals surface area contributed by atoms with E-state index in [9.17, 15) is 0 Å². The standard InChI is InChI=1S/C13H11N3OS/c17-15-9-13-16-12(10-18-13)6-2-1-4-11-5-3-7-14-8-11/h3,5,7-10,17H,1,4H2/b15-9+. The molecule has 0 atom stereocenters. The van der Waals surface area contributed by atoms with Gasteiger partial charge in [-0.1, -0.05) is 17.1 Å². The van der Waals surface area contributed by atoms with Crippen LogP contribution in [0.5, 0.6) is 0 Å². The van der Waals surface area contributed by atoms with Gasteiger partial charge in [0.2, 0.25) is 0 Å². The summed E-state index contributed by atoms with van der Waals surface area (Å²) < 4.78 is 0. The van der Waals surface area contributed by atoms with E-state index in [0.29, 0.717) is 10.7 Å². The van der Waals surface area contributed by atoms with Crippen LogP contribution in [0.1, 0.15) is 22.7 Å². The van der Waals surface area contributed by atoms with Gasteiger partial charge in [0.25, 0.3) is 0 Å². The number of oxime groups is 1. The Morgan fingerprint density at radius 3 is 3.22 bits per heavy atom. The van der Waals surface area contributed by atoms with Crippen molar-refractivity contribution < 1.29 is 5.21 Å². The van der Waals surface area contributed by atoms with E-state index >= 15 is 0 Å². The Kier molecular flexibility index (Phi) is 4.45. The van der Waals surface area contributed by atoms with Crippen LogP contribution in [-0.4, -0.2) is 21.4 Å². The monoisotopic (exact) mass is 257 g/mol. The second-order valence-electron chi connectivity index (χ2n) is 3.48. The molecule has 0 radical (unpaired) electrons. The summed E-state index contributed by atoms with van der Waals surface area (Å²) in [6, 6.07) is 3.96. The molecule has 0 fully saturated rings. The quantitative estimate of drug-likeness (QED) is 0.397. The van der Waals surface area contributed by atoms with Crippen molar-refractivity contribution in [2.24, 2.45) is 5.16 Å². The van der Waals surface area contributed by atoms with Crippen LogP contribution < -0.4 is 0 Å². The van der Waals surface area contributed by atoms with Crippen LogP contribution in [-0.2, 0) is 6.42 Å². The first kappa shape index (κ1) is 12.3. The SMILES string of the molecule is O/N=C/c1nc(C#CCCc2cccnc2)cs1. The maximum absolute atomic E-state index is 8.36. The summed E-state index contributed by atoms with van der Waals surface area (Å²) in [6.07, 6.45) is 6.56. The summed E-state index contributed by atoms with van der Waals surface area (Å²) in [7, 11) is 0. The molecule has 2 rings (SSSR count). The molecule has 0 bridgehead atoms. The second-order valence-corrected chi connectivity index (χ2v) is 4.37. The largest absolute Gasteiger partial charge is 0.411 e. The third kappa shape index (κ3) is 3.68. The summed E-state index contributed by atoms with van der Waals surface area (Å²) in [5.41, 5.74) is 1.89. The molecular formula is C13H11N3OS. The molecule has 0 aliphatic carbocycles. The van der Waals surface area contributed by atoms with Crippen LogP contribution in [0.3, 0.4) is 0 Å². The molecule has 2 aromatic rings. The molecule has 2 heterocycles. The van der Waals surface area contributed by atoms with Gasteiger partial charge in [-0.25, -0.2) is 4.98 Å². The minimum Gasteiger partial charge on any atom is -0.411 e. The highest BCUT2D eigenvalue weighted by atomic mass is 32.1. The van der Waals surface area contributed by atoms with Crippen molar-refractivity contribution in [1.29, 1.82) is 0 Å². The van der Waals surface area contributed by atoms with Gasteiger partial charge in [0, 0.05) is 24.2 Å². The summed E-state index contributed by atoms with van der Waals surface area (Å²) in [6.45, 7) is 0. The highest BCUT2D eigenvalue weighted by molar-refractivity contribution is 7.11. The highest BCUT2D eigenvalue weighted by Gasteiger charge is 1.95. The predicted molar refractivity (Wildman–Crippen MR) is 70.9 cm³/mol. The van der Waals surface area contributed by atoms with Gasteiger partial charge in [-0.15, -0.1) is 11.3 Å². The van der Waals surface area contributed by atoms with Crippen molar-refractivity contribution in [3.05, 3.63) is 46.2 Å². The number of rotatable bonds is 3. The molecule has 0 aromatic carbocycles. The Labute approximate surface area is 109 Å². The van der Waals surface area contributed by atoms with Crippen molar-refractivity contribution in [2.75, 3.05) is 0 Å². The van der Waals surface area contributed by atoms with Crippen LogP contribution in [0, 0.1) is 11.8 Å². The Morgan fingerprint density at radius 2 is 2.44 bits per heavy atom. The van der Waals surface area contributed by atoms with E-state index < -0.39 is 0 Å². The molecule has 4 nitrogen and oxygen atoms in total. The Hall–Kier alpha value is -2.19. The third-order valence-corrected chi connectivity index (χ3v) is 2.95. The first-order valence-electron chi connectivity index (χ1n) is 5.39. The van der Waals surface area contributed by atoms with Crippen LogP contribution >= 0.6 is 11.3 Å². The van der Waals surface area contributed by atoms with E-state index in [1.807, 2.05) is 23.7 Å². The van der Waals surface area contributed by atoms with Crippen molar-refractivity contribution in [3.63, 3.8) is 0 Å². The molecule has 0 saturated carbocycles. The summed E-state index contributed by atoms with van der Waals surface area (Å²) >= 11 is 1.40. The zero-order valence-electron chi connectivity index (χ0n) is 9.58. The third-order valence-electron chi connectivity index (χ3n) is 2.17. The smallest absolute Gasteiger partial charge is 0.139 e. The molecular weight excluding hydrogens is 246 g/mol. The zero-order valence-corrected chi connectivity index (χ0v) is 10.4. The van der Waals surface area contributed by atoms with Gasteiger partial charge < -0.3 is 5.21 Å². The lowest BCUT2D eigenvalue weighted by Gasteiger charge is -1.93. The van der Waals surface area contributed by atoms with Crippen molar-refractivity contribution >= 4 is 17.6 Å². The summed E-state index contributed by atoms with van der Waals surface area (Å²) in [4.78, 5) is 8.22. The number of hydrogen-bond donors (Lipinski definition) is 1. The molecule has 0 spiro atoms. The van der Waals surface area contributed by atoms with Gasteiger partial charge >= 0.3 is 0 Å². The maximum Gasteiger partial charge on any atom is 0.139 e. The van der Waals surface area contributed by atoms with E-state index in [1.54, 1.807) is 6.20 Å². The van der Waals surface area contributed by atoms with Crippen molar-refractivity contribution in [1.82, 2.24) is 9.97 Å². The van der Waals surface area contributed by atoms with Crippen LogP contribution in [0.4, 0.5) is 0 Å². The van der Waals surface area contributed by atoms with Crippen molar-refractivity contribution in [3.8, 4) is 11.8 Å². The van der Waals surface area contributed by atoms with Gasteiger partial charge in [-0.05, 0) is 24.0 Å². The number of pyridine rings is 1. The molecule has 0 amide bonds. The predicted octanol–water partition coefficient (Wildman–Crippen LogP) is 2.33. The first-order chi connectivity index (χ1) is 8.88. The fraction of sp³-hybridized carbons (Fsp3) is 0.154. The Bertz CT molecular complexity index is 581. The molecule has 0 aliphatic heterocycles. The van der Waals surface area contributed by atoms with E-state index in [1.165, 1.54) is 23.1 Å². The topological polar surface area (TPSA) is 58.4 Å². The number of nitrogens with zero attached hydrogens (tertiary/aromatic N) is 3.